The van der Waals surface area contributed by atoms with Crippen LogP contribution in [-0.2, 0) is 11.2 Å². The molecule has 0 unspecified atom stereocenters. The molecule has 0 saturated carbocycles. The Labute approximate surface area is 96.6 Å². The normalized spacial score (nSPS) is 11.6. The fourth-order valence-electron chi connectivity index (χ4n) is 1.67. The summed E-state index contributed by atoms with van der Waals surface area (Å²) in [5.41, 5.74) is 2.39. The first-order valence-electron chi connectivity index (χ1n) is 5.54. The molecule has 1 rings (SSSR count). The van der Waals surface area contributed by atoms with Gasteiger partial charge in [-0.15, -0.1) is 0 Å². The molecule has 1 aromatic heterocycles. The fourth-order valence-corrected chi connectivity index (χ4v) is 1.67. The molecule has 1 heterocycles. The summed E-state index contributed by atoms with van der Waals surface area (Å²) < 4.78 is 6.63. The molecule has 0 radical (unpaired) electrons. The van der Waals surface area contributed by atoms with Gasteiger partial charge >= 0.3 is 6.09 Å². The summed E-state index contributed by atoms with van der Waals surface area (Å²) in [5.74, 6) is 0. The van der Waals surface area contributed by atoms with E-state index in [1.807, 2.05) is 34.6 Å². The average Bonchev–Trinajstić information content (AvgIpc) is 2.38. The summed E-state index contributed by atoms with van der Waals surface area (Å²) in [6, 6.07) is 0. The van der Waals surface area contributed by atoms with Crippen LogP contribution in [0.3, 0.4) is 0 Å². The van der Waals surface area contributed by atoms with Gasteiger partial charge in [-0.2, -0.15) is 9.78 Å². The van der Waals surface area contributed by atoms with E-state index in [4.69, 9.17) is 4.74 Å². The van der Waals surface area contributed by atoms with Crippen LogP contribution >= 0.6 is 0 Å². The Morgan fingerprint density at radius 3 is 2.31 bits per heavy atom. The van der Waals surface area contributed by atoms with Crippen molar-refractivity contribution in [1.82, 2.24) is 9.78 Å². The predicted octanol–water partition coefficient (Wildman–Crippen LogP) is 2.85. The molecular weight excluding hydrogens is 204 g/mol. The maximum atomic E-state index is 11.8. The van der Waals surface area contributed by atoms with E-state index >= 15 is 0 Å². The molecule has 4 nitrogen and oxygen atoms in total. The highest BCUT2D eigenvalue weighted by molar-refractivity contribution is 5.71. The third-order valence-corrected chi connectivity index (χ3v) is 2.36. The third-order valence-electron chi connectivity index (χ3n) is 2.36. The standard InChI is InChI=1S/C12H20N2O2/c1-7-10-8(2)13-14(9(10)3)11(15)16-12(4,5)6/h7H2,1-6H3. The largest absolute Gasteiger partial charge is 0.442 e. The van der Waals surface area contributed by atoms with Gasteiger partial charge in [0.1, 0.15) is 5.60 Å². The highest BCUT2D eigenvalue weighted by Gasteiger charge is 2.21. The summed E-state index contributed by atoms with van der Waals surface area (Å²) in [7, 11) is 0. The summed E-state index contributed by atoms with van der Waals surface area (Å²) >= 11 is 0. The average molecular weight is 224 g/mol. The Balaban J connectivity index is 3.01. The third kappa shape index (κ3) is 2.62. The van der Waals surface area contributed by atoms with Crippen LogP contribution in [0, 0.1) is 13.8 Å². The lowest BCUT2D eigenvalue weighted by molar-refractivity contribution is 0.0510. The van der Waals surface area contributed by atoms with Gasteiger partial charge < -0.3 is 4.74 Å². The van der Waals surface area contributed by atoms with E-state index in [0.29, 0.717) is 0 Å². The maximum absolute atomic E-state index is 11.8. The van der Waals surface area contributed by atoms with Crippen molar-refractivity contribution in [2.75, 3.05) is 0 Å². The lowest BCUT2D eigenvalue weighted by Crippen LogP contribution is -2.28. The molecule has 0 N–H and O–H groups in total. The number of aromatic nitrogens is 2. The van der Waals surface area contributed by atoms with Gasteiger partial charge in [-0.1, -0.05) is 6.92 Å². The van der Waals surface area contributed by atoms with Crippen molar-refractivity contribution in [3.05, 3.63) is 17.0 Å². The molecule has 0 aliphatic rings. The number of carbonyl (C=O) groups excluding carboxylic acids is 1. The predicted molar refractivity (Wildman–Crippen MR) is 62.7 cm³/mol. The molecule has 0 atom stereocenters. The van der Waals surface area contributed by atoms with E-state index in [-0.39, 0.29) is 0 Å². The highest BCUT2D eigenvalue weighted by atomic mass is 16.6. The van der Waals surface area contributed by atoms with Crippen LogP contribution in [0.25, 0.3) is 0 Å². The van der Waals surface area contributed by atoms with E-state index in [9.17, 15) is 4.79 Å². The number of hydrogen-bond donors (Lipinski definition) is 0. The van der Waals surface area contributed by atoms with Crippen LogP contribution in [-0.4, -0.2) is 21.5 Å². The molecular formula is C12H20N2O2. The molecule has 0 aromatic carbocycles. The van der Waals surface area contributed by atoms with Crippen LogP contribution in [0.15, 0.2) is 0 Å². The zero-order valence-corrected chi connectivity index (χ0v) is 10.9. The molecule has 0 fully saturated rings. The van der Waals surface area contributed by atoms with Crippen molar-refractivity contribution in [1.29, 1.82) is 0 Å². The first-order valence-corrected chi connectivity index (χ1v) is 5.54. The second kappa shape index (κ2) is 4.28. The Morgan fingerprint density at radius 2 is 1.94 bits per heavy atom. The Bertz CT molecular complexity index is 400. The molecule has 0 aliphatic carbocycles. The molecule has 0 amide bonds. The van der Waals surface area contributed by atoms with Gasteiger partial charge in [0.25, 0.3) is 0 Å². The van der Waals surface area contributed by atoms with Gasteiger partial charge in [-0.25, -0.2) is 4.79 Å². The lowest BCUT2D eigenvalue weighted by Gasteiger charge is -2.19. The Kier molecular flexibility index (Phi) is 3.41. The zero-order valence-electron chi connectivity index (χ0n) is 10.9. The van der Waals surface area contributed by atoms with Gasteiger partial charge in [0.2, 0.25) is 0 Å². The van der Waals surface area contributed by atoms with Crippen molar-refractivity contribution in [2.24, 2.45) is 0 Å². The quantitative estimate of drug-likeness (QED) is 0.736. The number of carbonyl (C=O) groups is 1. The van der Waals surface area contributed by atoms with Gasteiger partial charge in [0.15, 0.2) is 0 Å². The SMILES string of the molecule is CCc1c(C)nn(C(=O)OC(C)(C)C)c1C. The van der Waals surface area contributed by atoms with E-state index in [2.05, 4.69) is 12.0 Å². The van der Waals surface area contributed by atoms with Crippen LogP contribution < -0.4 is 0 Å². The summed E-state index contributed by atoms with van der Waals surface area (Å²) in [4.78, 5) is 11.8. The van der Waals surface area contributed by atoms with E-state index in [1.165, 1.54) is 4.68 Å². The minimum Gasteiger partial charge on any atom is -0.442 e. The van der Waals surface area contributed by atoms with Crippen molar-refractivity contribution >= 4 is 6.09 Å². The number of aryl methyl sites for hydroxylation is 1. The molecule has 0 spiro atoms. The van der Waals surface area contributed by atoms with Crippen LogP contribution in [0.5, 0.6) is 0 Å². The fraction of sp³-hybridized carbons (Fsp3) is 0.667. The minimum atomic E-state index is -0.490. The molecule has 0 saturated heterocycles. The second-order valence-corrected chi connectivity index (χ2v) is 4.90. The molecule has 16 heavy (non-hydrogen) atoms. The van der Waals surface area contributed by atoms with Crippen LogP contribution in [0.1, 0.15) is 44.6 Å². The number of rotatable bonds is 1. The van der Waals surface area contributed by atoms with Gasteiger partial charge in [0, 0.05) is 0 Å². The molecule has 0 aliphatic heterocycles. The van der Waals surface area contributed by atoms with E-state index in [1.54, 1.807) is 0 Å². The van der Waals surface area contributed by atoms with Gasteiger partial charge in [0.05, 0.1) is 11.4 Å². The Morgan fingerprint density at radius 1 is 1.38 bits per heavy atom. The van der Waals surface area contributed by atoms with Gasteiger partial charge in [-0.3, -0.25) is 0 Å². The van der Waals surface area contributed by atoms with Gasteiger partial charge in [-0.05, 0) is 46.6 Å². The monoisotopic (exact) mass is 224 g/mol. The Hall–Kier alpha value is -1.32. The maximum Gasteiger partial charge on any atom is 0.435 e. The smallest absolute Gasteiger partial charge is 0.435 e. The second-order valence-electron chi connectivity index (χ2n) is 4.90. The van der Waals surface area contributed by atoms with Crippen molar-refractivity contribution in [3.63, 3.8) is 0 Å². The summed E-state index contributed by atoms with van der Waals surface area (Å²) in [5, 5.41) is 4.21. The molecule has 0 bridgehead atoms. The van der Waals surface area contributed by atoms with Crippen molar-refractivity contribution in [3.8, 4) is 0 Å². The number of ether oxygens (including phenoxy) is 1. The minimum absolute atomic E-state index is 0.409. The van der Waals surface area contributed by atoms with Crippen LogP contribution in [0.4, 0.5) is 4.79 Å². The summed E-state index contributed by atoms with van der Waals surface area (Å²) in [6.45, 7) is 11.4. The zero-order chi connectivity index (χ0) is 12.5. The van der Waals surface area contributed by atoms with Crippen LogP contribution in [0.2, 0.25) is 0 Å². The first kappa shape index (κ1) is 12.7. The van der Waals surface area contributed by atoms with E-state index < -0.39 is 11.7 Å². The first-order chi connectivity index (χ1) is 7.26. The number of nitrogens with zero attached hydrogens (tertiary/aromatic N) is 2. The summed E-state index contributed by atoms with van der Waals surface area (Å²) in [6.07, 6.45) is 0.466. The topological polar surface area (TPSA) is 44.1 Å². The highest BCUT2D eigenvalue weighted by Crippen LogP contribution is 2.16. The molecule has 1 aromatic rings. The lowest BCUT2D eigenvalue weighted by atomic mass is 10.1. The number of hydrogen-bond acceptors (Lipinski definition) is 3. The van der Waals surface area contributed by atoms with E-state index in [0.717, 1.165) is 23.4 Å². The molecule has 4 heteroatoms. The van der Waals surface area contributed by atoms with Crippen molar-refractivity contribution < 1.29 is 9.53 Å². The molecule has 90 valence electrons. The van der Waals surface area contributed by atoms with Crippen molar-refractivity contribution in [2.45, 2.75) is 53.6 Å².